The normalized spacial score (nSPS) is 42.7. The molecule has 0 aromatic heterocycles. The molecule has 8 atom stereocenters. The summed E-state index contributed by atoms with van der Waals surface area (Å²) in [5.74, 6) is -0.956. The van der Waals surface area contributed by atoms with E-state index in [-0.39, 0.29) is 30.1 Å². The molecule has 182 valence electrons. The van der Waals surface area contributed by atoms with E-state index in [1.54, 1.807) is 0 Å². The molecule has 5 rings (SSSR count). The Hall–Kier alpha value is -1.22. The highest BCUT2D eigenvalue weighted by Gasteiger charge is 2.69. The number of aliphatic carboxylic acids is 1. The van der Waals surface area contributed by atoms with Gasteiger partial charge in [-0.1, -0.05) is 33.1 Å². The Morgan fingerprint density at radius 3 is 2.44 bits per heavy atom. The molecular formula is C24H38O8. The molecule has 0 amide bonds. The SMILES string of the molecule is C[C@@H]1CCC2[C@@H](C)[C@H](OC(=O)CCCCCCCC(=O)O)O[C@@H]3O[C@]4(C)CCC1[C@@]23OO4. The average Bonchev–Trinajstić information content (AvgIpc) is 2.97. The average molecular weight is 455 g/mol. The first-order chi connectivity index (χ1) is 15.2. The molecule has 4 saturated heterocycles. The molecular weight excluding hydrogens is 416 g/mol. The number of esters is 1. The summed E-state index contributed by atoms with van der Waals surface area (Å²) in [6.07, 6.45) is 7.17. The zero-order chi connectivity index (χ0) is 22.9. The fraction of sp³-hybridized carbons (Fsp3) is 0.917. The molecule has 5 fully saturated rings. The van der Waals surface area contributed by atoms with Crippen LogP contribution in [0, 0.1) is 23.7 Å². The first-order valence-corrected chi connectivity index (χ1v) is 12.4. The van der Waals surface area contributed by atoms with E-state index in [4.69, 9.17) is 29.1 Å². The van der Waals surface area contributed by atoms with Crippen LogP contribution < -0.4 is 0 Å². The van der Waals surface area contributed by atoms with Gasteiger partial charge >= 0.3 is 11.9 Å². The summed E-state index contributed by atoms with van der Waals surface area (Å²) in [5.41, 5.74) is -0.647. The number of carboxylic acid groups (broad SMARTS) is 1. The molecule has 5 aliphatic rings. The van der Waals surface area contributed by atoms with Crippen molar-refractivity contribution < 1.29 is 38.7 Å². The first kappa shape index (κ1) is 23.9. The van der Waals surface area contributed by atoms with Gasteiger partial charge in [0.25, 0.3) is 0 Å². The van der Waals surface area contributed by atoms with Crippen LogP contribution in [-0.2, 0) is 33.6 Å². The highest BCUT2D eigenvalue weighted by Crippen LogP contribution is 2.60. The van der Waals surface area contributed by atoms with Crippen molar-refractivity contribution in [2.45, 2.75) is 115 Å². The fourth-order valence-corrected chi connectivity index (χ4v) is 6.27. The minimum Gasteiger partial charge on any atom is -0.481 e. The van der Waals surface area contributed by atoms with Gasteiger partial charge in [-0.05, 0) is 50.9 Å². The number of unbranched alkanes of at least 4 members (excludes halogenated alkanes) is 4. The van der Waals surface area contributed by atoms with Gasteiger partial charge in [-0.2, -0.15) is 0 Å². The molecule has 8 heteroatoms. The molecule has 2 bridgehead atoms. The Labute approximate surface area is 190 Å². The maximum Gasteiger partial charge on any atom is 0.308 e. The van der Waals surface area contributed by atoms with E-state index in [2.05, 4.69) is 13.8 Å². The summed E-state index contributed by atoms with van der Waals surface area (Å²) in [6, 6.07) is 0. The van der Waals surface area contributed by atoms with Gasteiger partial charge in [0.1, 0.15) is 0 Å². The zero-order valence-electron chi connectivity index (χ0n) is 19.5. The van der Waals surface area contributed by atoms with Crippen LogP contribution in [0.3, 0.4) is 0 Å². The summed E-state index contributed by atoms with van der Waals surface area (Å²) in [4.78, 5) is 35.0. The predicted molar refractivity (Wildman–Crippen MR) is 113 cm³/mol. The summed E-state index contributed by atoms with van der Waals surface area (Å²) in [7, 11) is 0. The van der Waals surface area contributed by atoms with Crippen molar-refractivity contribution in [3.63, 3.8) is 0 Å². The van der Waals surface area contributed by atoms with Crippen LogP contribution >= 0.6 is 0 Å². The van der Waals surface area contributed by atoms with Crippen molar-refractivity contribution in [3.05, 3.63) is 0 Å². The molecule has 1 N–H and O–H groups in total. The van der Waals surface area contributed by atoms with E-state index >= 15 is 0 Å². The molecule has 1 spiro atoms. The van der Waals surface area contributed by atoms with Crippen LogP contribution in [0.2, 0.25) is 0 Å². The van der Waals surface area contributed by atoms with Crippen LogP contribution in [0.1, 0.15) is 91.4 Å². The monoisotopic (exact) mass is 454 g/mol. The topological polar surface area (TPSA) is 101 Å². The Balaban J connectivity index is 1.33. The Bertz CT molecular complexity index is 697. The molecule has 4 aliphatic heterocycles. The van der Waals surface area contributed by atoms with Gasteiger partial charge < -0.3 is 19.3 Å². The maximum absolute atomic E-state index is 12.5. The van der Waals surface area contributed by atoms with Crippen LogP contribution in [0.25, 0.3) is 0 Å². The molecule has 32 heavy (non-hydrogen) atoms. The Morgan fingerprint density at radius 1 is 0.969 bits per heavy atom. The van der Waals surface area contributed by atoms with Gasteiger partial charge in [0, 0.05) is 31.1 Å². The number of rotatable bonds is 9. The summed E-state index contributed by atoms with van der Waals surface area (Å²) < 4.78 is 18.4. The zero-order valence-corrected chi connectivity index (χ0v) is 19.5. The second-order valence-corrected chi connectivity index (χ2v) is 10.4. The van der Waals surface area contributed by atoms with E-state index in [1.165, 1.54) is 0 Å². The molecule has 1 saturated carbocycles. The maximum atomic E-state index is 12.5. The van der Waals surface area contributed by atoms with Gasteiger partial charge in [-0.25, -0.2) is 9.78 Å². The quantitative estimate of drug-likeness (QED) is 0.308. The number of ether oxygens (including phenoxy) is 3. The third kappa shape index (κ3) is 4.56. The van der Waals surface area contributed by atoms with Crippen molar-refractivity contribution >= 4 is 11.9 Å². The van der Waals surface area contributed by atoms with E-state index in [9.17, 15) is 9.59 Å². The first-order valence-electron chi connectivity index (χ1n) is 12.4. The van der Waals surface area contributed by atoms with E-state index in [0.29, 0.717) is 18.8 Å². The Kier molecular flexibility index (Phi) is 7.15. The predicted octanol–water partition coefficient (Wildman–Crippen LogP) is 4.55. The van der Waals surface area contributed by atoms with Gasteiger partial charge in [0.15, 0.2) is 11.9 Å². The van der Waals surface area contributed by atoms with Crippen LogP contribution in [-0.4, -0.2) is 41.0 Å². The lowest BCUT2D eigenvalue weighted by Gasteiger charge is -2.59. The second-order valence-electron chi connectivity index (χ2n) is 10.4. The number of carbonyl (C=O) groups is 2. The third-order valence-electron chi connectivity index (χ3n) is 8.12. The number of carboxylic acids is 1. The van der Waals surface area contributed by atoms with E-state index in [0.717, 1.165) is 51.4 Å². The highest BCUT2D eigenvalue weighted by molar-refractivity contribution is 5.69. The number of hydrogen-bond acceptors (Lipinski definition) is 7. The smallest absolute Gasteiger partial charge is 0.308 e. The third-order valence-corrected chi connectivity index (χ3v) is 8.12. The van der Waals surface area contributed by atoms with Gasteiger partial charge in [-0.3, -0.25) is 9.59 Å². The summed E-state index contributed by atoms with van der Waals surface area (Å²) in [6.45, 7) is 6.23. The second kappa shape index (κ2) is 9.57. The van der Waals surface area contributed by atoms with Gasteiger partial charge in [-0.15, -0.1) is 0 Å². The molecule has 1 aliphatic carbocycles. The van der Waals surface area contributed by atoms with Crippen LogP contribution in [0.5, 0.6) is 0 Å². The van der Waals surface area contributed by atoms with Gasteiger partial charge in [0.05, 0.1) is 0 Å². The Morgan fingerprint density at radius 2 is 1.69 bits per heavy atom. The summed E-state index contributed by atoms with van der Waals surface area (Å²) >= 11 is 0. The lowest BCUT2D eigenvalue weighted by atomic mass is 9.58. The number of carbonyl (C=O) groups excluding carboxylic acids is 1. The van der Waals surface area contributed by atoms with Crippen LogP contribution in [0.4, 0.5) is 0 Å². The van der Waals surface area contributed by atoms with Crippen molar-refractivity contribution in [2.24, 2.45) is 23.7 Å². The standard InChI is InChI=1S/C24H38O8/c1-15-11-12-18-16(2)21(28-20(27)10-8-6-4-5-7-9-19(25)26)29-22-24(18)17(15)13-14-23(3,30-22)31-32-24/h15-18,21-22H,4-14H2,1-3H3,(H,25,26)/t15-,16-,17?,18?,21-,22-,23+,24-/m1/s1. The molecule has 4 heterocycles. The number of fused-ring (bicyclic) bond motifs is 2. The molecule has 0 aromatic carbocycles. The largest absolute Gasteiger partial charge is 0.481 e. The van der Waals surface area contributed by atoms with Crippen molar-refractivity contribution in [1.82, 2.24) is 0 Å². The fourth-order valence-electron chi connectivity index (χ4n) is 6.27. The van der Waals surface area contributed by atoms with E-state index < -0.39 is 29.9 Å². The van der Waals surface area contributed by atoms with Crippen molar-refractivity contribution in [2.75, 3.05) is 0 Å². The molecule has 8 nitrogen and oxygen atoms in total. The molecule has 0 radical (unpaired) electrons. The van der Waals surface area contributed by atoms with Crippen LogP contribution in [0.15, 0.2) is 0 Å². The summed E-state index contributed by atoms with van der Waals surface area (Å²) in [5, 5.41) is 8.67. The number of hydrogen-bond donors (Lipinski definition) is 1. The van der Waals surface area contributed by atoms with Gasteiger partial charge in [0.2, 0.25) is 12.1 Å². The van der Waals surface area contributed by atoms with Crippen molar-refractivity contribution in [1.29, 1.82) is 0 Å². The minimum absolute atomic E-state index is 0.0177. The lowest BCUT2D eigenvalue weighted by molar-refractivity contribution is -0.576. The van der Waals surface area contributed by atoms with E-state index in [1.807, 2.05) is 6.92 Å². The lowest BCUT2D eigenvalue weighted by Crippen LogP contribution is -2.70. The minimum atomic E-state index is -0.840. The highest BCUT2D eigenvalue weighted by atomic mass is 17.3. The molecule has 2 unspecified atom stereocenters. The molecule has 0 aromatic rings. The van der Waals surface area contributed by atoms with Crippen molar-refractivity contribution in [3.8, 4) is 0 Å².